The highest BCUT2D eigenvalue weighted by atomic mass is 35.5. The molecular weight excluding hydrogens is 318 g/mol. The third-order valence-electron chi connectivity index (χ3n) is 4.56. The Bertz CT molecular complexity index is 661. The zero-order valence-electron chi connectivity index (χ0n) is 12.7. The quantitative estimate of drug-likeness (QED) is 0.898. The van der Waals surface area contributed by atoms with E-state index < -0.39 is 11.6 Å². The van der Waals surface area contributed by atoms with Crippen LogP contribution in [0.15, 0.2) is 36.5 Å². The highest BCUT2D eigenvalue weighted by Gasteiger charge is 2.26. The van der Waals surface area contributed by atoms with Gasteiger partial charge in [-0.25, -0.2) is 8.78 Å². The van der Waals surface area contributed by atoms with Crippen LogP contribution >= 0.6 is 11.6 Å². The van der Waals surface area contributed by atoms with Crippen LogP contribution in [0.25, 0.3) is 0 Å². The third-order valence-corrected chi connectivity index (χ3v) is 4.78. The highest BCUT2D eigenvalue weighted by Crippen LogP contribution is 2.33. The summed E-state index contributed by atoms with van der Waals surface area (Å²) in [6, 6.07) is 8.04. The van der Waals surface area contributed by atoms with Crippen LogP contribution < -0.4 is 5.32 Å². The standard InChI is InChI=1S/C18H19ClF2N2/c19-14-3-5-15(23-10-14)4-1-12-7-8-22-11-16(12)13-2-6-17(20)18(21)9-13/h2-3,5-6,9-10,12,16,22H,1,4,7-8,11H2/t12?,16-/m0/s1. The summed E-state index contributed by atoms with van der Waals surface area (Å²) in [5.41, 5.74) is 1.88. The third kappa shape index (κ3) is 4.06. The normalized spacial score (nSPS) is 21.3. The van der Waals surface area contributed by atoms with Crippen molar-refractivity contribution in [3.63, 3.8) is 0 Å². The molecule has 2 heterocycles. The van der Waals surface area contributed by atoms with Crippen LogP contribution in [0.5, 0.6) is 0 Å². The number of nitrogens with zero attached hydrogens (tertiary/aromatic N) is 1. The maximum absolute atomic E-state index is 13.5. The Hall–Kier alpha value is -1.52. The van der Waals surface area contributed by atoms with E-state index in [4.69, 9.17) is 11.6 Å². The largest absolute Gasteiger partial charge is 0.316 e. The van der Waals surface area contributed by atoms with Crippen molar-refractivity contribution in [3.05, 3.63) is 64.4 Å². The van der Waals surface area contributed by atoms with E-state index in [2.05, 4.69) is 10.3 Å². The first-order valence-corrected chi connectivity index (χ1v) is 8.27. The minimum atomic E-state index is -0.792. The SMILES string of the molecule is Fc1ccc([C@H]2CNCCC2CCc2ccc(Cl)cn2)cc1F. The Kier molecular flexibility index (Phi) is 5.23. The molecule has 0 bridgehead atoms. The second-order valence-electron chi connectivity index (χ2n) is 6.04. The molecule has 0 aliphatic carbocycles. The molecule has 0 amide bonds. The van der Waals surface area contributed by atoms with Crippen LogP contribution in [0.4, 0.5) is 8.78 Å². The van der Waals surface area contributed by atoms with E-state index in [-0.39, 0.29) is 5.92 Å². The van der Waals surface area contributed by atoms with Gasteiger partial charge in [0.1, 0.15) is 0 Å². The molecule has 5 heteroatoms. The van der Waals surface area contributed by atoms with E-state index >= 15 is 0 Å². The average molecular weight is 337 g/mol. The molecule has 1 aromatic heterocycles. The first kappa shape index (κ1) is 16.3. The number of benzene rings is 1. The predicted octanol–water partition coefficient (Wildman–Crippen LogP) is 4.34. The molecule has 1 unspecified atom stereocenters. The Morgan fingerprint density at radius 1 is 1.17 bits per heavy atom. The number of aryl methyl sites for hydroxylation is 1. The number of rotatable bonds is 4. The van der Waals surface area contributed by atoms with E-state index in [9.17, 15) is 8.78 Å². The predicted molar refractivity (Wildman–Crippen MR) is 87.6 cm³/mol. The maximum Gasteiger partial charge on any atom is 0.159 e. The molecule has 23 heavy (non-hydrogen) atoms. The lowest BCUT2D eigenvalue weighted by molar-refractivity contribution is 0.305. The number of hydrogen-bond donors (Lipinski definition) is 1. The van der Waals surface area contributed by atoms with Crippen molar-refractivity contribution in [1.29, 1.82) is 0 Å². The zero-order chi connectivity index (χ0) is 16.2. The zero-order valence-corrected chi connectivity index (χ0v) is 13.5. The molecular formula is C18H19ClF2N2. The van der Waals surface area contributed by atoms with Crippen molar-refractivity contribution in [2.75, 3.05) is 13.1 Å². The van der Waals surface area contributed by atoms with Crippen molar-refractivity contribution in [3.8, 4) is 0 Å². The van der Waals surface area contributed by atoms with Crippen LogP contribution in [-0.2, 0) is 6.42 Å². The number of halogens is 3. The fourth-order valence-corrected chi connectivity index (χ4v) is 3.39. The monoisotopic (exact) mass is 336 g/mol. The van der Waals surface area contributed by atoms with Crippen molar-refractivity contribution in [2.45, 2.75) is 25.2 Å². The van der Waals surface area contributed by atoms with Gasteiger partial charge in [0.25, 0.3) is 0 Å². The molecule has 1 aromatic carbocycles. The van der Waals surface area contributed by atoms with Gasteiger partial charge in [0.2, 0.25) is 0 Å². The molecule has 1 saturated heterocycles. The van der Waals surface area contributed by atoms with Crippen molar-refractivity contribution < 1.29 is 8.78 Å². The van der Waals surface area contributed by atoms with Gasteiger partial charge in [-0.3, -0.25) is 4.98 Å². The molecule has 2 nitrogen and oxygen atoms in total. The van der Waals surface area contributed by atoms with Gasteiger partial charge >= 0.3 is 0 Å². The van der Waals surface area contributed by atoms with Gasteiger partial charge in [0.05, 0.1) is 5.02 Å². The summed E-state index contributed by atoms with van der Waals surface area (Å²) in [4.78, 5) is 4.33. The number of hydrogen-bond acceptors (Lipinski definition) is 2. The fraction of sp³-hybridized carbons (Fsp3) is 0.389. The Morgan fingerprint density at radius 2 is 2.04 bits per heavy atom. The number of nitrogens with one attached hydrogen (secondary N) is 1. The Labute approximate surface area is 139 Å². The summed E-state index contributed by atoms with van der Waals surface area (Å²) in [6.45, 7) is 1.75. The van der Waals surface area contributed by atoms with Crippen LogP contribution in [0.3, 0.4) is 0 Å². The summed E-state index contributed by atoms with van der Waals surface area (Å²) in [5.74, 6) is -0.935. The Balaban J connectivity index is 1.70. The van der Waals surface area contributed by atoms with Crippen molar-refractivity contribution in [1.82, 2.24) is 10.3 Å². The number of piperidine rings is 1. The fourth-order valence-electron chi connectivity index (χ4n) is 3.28. The van der Waals surface area contributed by atoms with E-state index in [0.29, 0.717) is 10.9 Å². The molecule has 0 spiro atoms. The smallest absolute Gasteiger partial charge is 0.159 e. The summed E-state index contributed by atoms with van der Waals surface area (Å²) >= 11 is 5.85. The maximum atomic E-state index is 13.5. The van der Waals surface area contributed by atoms with Gasteiger partial charge in [-0.1, -0.05) is 17.7 Å². The lowest BCUT2D eigenvalue weighted by Crippen LogP contribution is -2.35. The molecule has 1 aliphatic heterocycles. The molecule has 2 atom stereocenters. The van der Waals surface area contributed by atoms with Crippen molar-refractivity contribution >= 4 is 11.6 Å². The van der Waals surface area contributed by atoms with E-state index in [1.54, 1.807) is 12.3 Å². The van der Waals surface area contributed by atoms with Gasteiger partial charge in [0.15, 0.2) is 11.6 Å². The molecule has 1 aliphatic rings. The molecule has 0 saturated carbocycles. The van der Waals surface area contributed by atoms with Gasteiger partial charge < -0.3 is 5.32 Å². The lowest BCUT2D eigenvalue weighted by atomic mass is 9.78. The number of aromatic nitrogens is 1. The lowest BCUT2D eigenvalue weighted by Gasteiger charge is -2.32. The van der Waals surface area contributed by atoms with Crippen LogP contribution in [0, 0.1) is 17.6 Å². The first-order valence-electron chi connectivity index (χ1n) is 7.89. The second-order valence-corrected chi connectivity index (χ2v) is 6.48. The molecule has 0 radical (unpaired) electrons. The Morgan fingerprint density at radius 3 is 2.78 bits per heavy atom. The van der Waals surface area contributed by atoms with E-state index in [0.717, 1.165) is 43.6 Å². The molecule has 3 rings (SSSR count). The van der Waals surface area contributed by atoms with Crippen LogP contribution in [-0.4, -0.2) is 18.1 Å². The first-order chi connectivity index (χ1) is 11.1. The summed E-state index contributed by atoms with van der Waals surface area (Å²) in [6.07, 6.45) is 4.52. The van der Waals surface area contributed by atoms with Gasteiger partial charge in [0, 0.05) is 18.4 Å². The average Bonchev–Trinajstić information content (AvgIpc) is 2.57. The highest BCUT2D eigenvalue weighted by molar-refractivity contribution is 6.30. The molecule has 1 N–H and O–H groups in total. The van der Waals surface area contributed by atoms with Crippen LogP contribution in [0.1, 0.15) is 30.0 Å². The van der Waals surface area contributed by atoms with Gasteiger partial charge in [-0.2, -0.15) is 0 Å². The molecule has 2 aromatic rings. The molecule has 122 valence electrons. The topological polar surface area (TPSA) is 24.9 Å². The minimum absolute atomic E-state index is 0.200. The molecule has 1 fully saturated rings. The van der Waals surface area contributed by atoms with Crippen molar-refractivity contribution in [2.24, 2.45) is 5.92 Å². The van der Waals surface area contributed by atoms with Crippen LogP contribution in [0.2, 0.25) is 5.02 Å². The van der Waals surface area contributed by atoms with Gasteiger partial charge in [-0.15, -0.1) is 0 Å². The second kappa shape index (κ2) is 7.37. The summed E-state index contributed by atoms with van der Waals surface area (Å²) in [7, 11) is 0. The number of pyridine rings is 1. The van der Waals surface area contributed by atoms with E-state index in [1.165, 1.54) is 12.1 Å². The summed E-state index contributed by atoms with van der Waals surface area (Å²) in [5, 5.41) is 3.99. The summed E-state index contributed by atoms with van der Waals surface area (Å²) < 4.78 is 26.7. The van der Waals surface area contributed by atoms with Gasteiger partial charge in [-0.05, 0) is 67.5 Å². The van der Waals surface area contributed by atoms with E-state index in [1.807, 2.05) is 12.1 Å². The minimum Gasteiger partial charge on any atom is -0.316 e.